The van der Waals surface area contributed by atoms with E-state index in [1.54, 1.807) is 27.7 Å². The van der Waals surface area contributed by atoms with Crippen LogP contribution in [0.3, 0.4) is 0 Å². The minimum atomic E-state index is -0.995. The standard InChI is InChI=1S/C20H25F2NO6/c1-19(2)25-9-13(27-19)16-15(17-18(26-16)29-20(3,4)28-17)23-14(24)8-10-5-6-11(21)12(22)7-10/h5-7,13,15-18H,8-9H2,1-4H3,(H,23,24)/t13-,15-,16-,17-,18-/m1/s1. The maximum absolute atomic E-state index is 13.4. The zero-order valence-corrected chi connectivity index (χ0v) is 16.7. The van der Waals surface area contributed by atoms with Crippen molar-refractivity contribution in [3.05, 3.63) is 35.4 Å². The van der Waals surface area contributed by atoms with Crippen molar-refractivity contribution in [3.8, 4) is 0 Å². The molecule has 3 heterocycles. The molecule has 3 fully saturated rings. The van der Waals surface area contributed by atoms with Gasteiger partial charge in [0.1, 0.15) is 18.3 Å². The minimum absolute atomic E-state index is 0.116. The van der Waals surface area contributed by atoms with Gasteiger partial charge >= 0.3 is 0 Å². The van der Waals surface area contributed by atoms with Crippen LogP contribution in [0.5, 0.6) is 0 Å². The molecular formula is C20H25F2NO6. The third kappa shape index (κ3) is 4.29. The van der Waals surface area contributed by atoms with Crippen LogP contribution in [0.4, 0.5) is 8.78 Å². The third-order valence-corrected chi connectivity index (χ3v) is 5.16. The lowest BCUT2D eigenvalue weighted by molar-refractivity contribution is -0.223. The first-order valence-electron chi connectivity index (χ1n) is 9.59. The largest absolute Gasteiger partial charge is 0.348 e. The summed E-state index contributed by atoms with van der Waals surface area (Å²) in [6, 6.07) is 2.83. The normalized spacial score (nSPS) is 34.9. The Hall–Kier alpha value is -1.65. The van der Waals surface area contributed by atoms with Crippen LogP contribution in [0.2, 0.25) is 0 Å². The van der Waals surface area contributed by atoms with Crippen molar-refractivity contribution >= 4 is 5.91 Å². The van der Waals surface area contributed by atoms with Crippen LogP contribution in [0.15, 0.2) is 18.2 Å². The number of carbonyl (C=O) groups is 1. The van der Waals surface area contributed by atoms with Gasteiger partial charge in [-0.2, -0.15) is 0 Å². The average Bonchev–Trinajstić information content (AvgIpc) is 3.21. The van der Waals surface area contributed by atoms with Crippen molar-refractivity contribution in [1.82, 2.24) is 5.32 Å². The predicted molar refractivity (Wildman–Crippen MR) is 95.6 cm³/mol. The van der Waals surface area contributed by atoms with E-state index in [1.165, 1.54) is 6.07 Å². The number of halogens is 2. The highest BCUT2D eigenvalue weighted by atomic mass is 19.2. The van der Waals surface area contributed by atoms with Crippen molar-refractivity contribution in [2.45, 2.75) is 76.3 Å². The van der Waals surface area contributed by atoms with Crippen LogP contribution in [-0.2, 0) is 34.9 Å². The Labute approximate surface area is 167 Å². The number of carbonyl (C=O) groups excluding carboxylic acids is 1. The summed E-state index contributed by atoms with van der Waals surface area (Å²) < 4.78 is 55.9. The number of rotatable bonds is 4. The Morgan fingerprint density at radius 1 is 1.07 bits per heavy atom. The van der Waals surface area contributed by atoms with Crippen LogP contribution in [0.25, 0.3) is 0 Å². The summed E-state index contributed by atoms with van der Waals surface area (Å²) in [5.41, 5.74) is 0.360. The quantitative estimate of drug-likeness (QED) is 0.814. The van der Waals surface area contributed by atoms with Crippen molar-refractivity contribution in [1.29, 1.82) is 0 Å². The van der Waals surface area contributed by atoms with Crippen molar-refractivity contribution in [2.24, 2.45) is 0 Å². The van der Waals surface area contributed by atoms with Gasteiger partial charge in [0, 0.05) is 0 Å². The van der Waals surface area contributed by atoms with Crippen molar-refractivity contribution in [3.63, 3.8) is 0 Å². The summed E-state index contributed by atoms with van der Waals surface area (Å²) >= 11 is 0. The van der Waals surface area contributed by atoms with E-state index in [-0.39, 0.29) is 12.3 Å². The van der Waals surface area contributed by atoms with Crippen LogP contribution >= 0.6 is 0 Å². The molecule has 160 valence electrons. The molecule has 3 aliphatic heterocycles. The maximum Gasteiger partial charge on any atom is 0.224 e. The molecule has 0 radical (unpaired) electrons. The lowest BCUT2D eigenvalue weighted by Crippen LogP contribution is -2.52. The lowest BCUT2D eigenvalue weighted by atomic mass is 10.0. The number of hydrogen-bond donors (Lipinski definition) is 1. The summed E-state index contributed by atoms with van der Waals surface area (Å²) in [7, 11) is 0. The molecule has 0 saturated carbocycles. The Morgan fingerprint density at radius 3 is 2.48 bits per heavy atom. The second-order valence-electron chi connectivity index (χ2n) is 8.45. The number of nitrogens with one attached hydrogen (secondary N) is 1. The molecule has 3 saturated heterocycles. The topological polar surface area (TPSA) is 75.3 Å². The molecule has 1 aromatic carbocycles. The van der Waals surface area contributed by atoms with Crippen LogP contribution in [0.1, 0.15) is 33.3 Å². The van der Waals surface area contributed by atoms with E-state index in [9.17, 15) is 13.6 Å². The van der Waals surface area contributed by atoms with E-state index in [1.807, 2.05) is 0 Å². The van der Waals surface area contributed by atoms with E-state index in [0.29, 0.717) is 12.2 Å². The molecule has 29 heavy (non-hydrogen) atoms. The predicted octanol–water partition coefficient (Wildman–Crippen LogP) is 2.02. The minimum Gasteiger partial charge on any atom is -0.348 e. The Bertz CT molecular complexity index is 801. The molecule has 9 heteroatoms. The fourth-order valence-corrected chi connectivity index (χ4v) is 3.96. The van der Waals surface area contributed by atoms with Gasteiger partial charge in [-0.05, 0) is 45.4 Å². The summed E-state index contributed by atoms with van der Waals surface area (Å²) in [6.45, 7) is 7.44. The molecule has 7 nitrogen and oxygen atoms in total. The lowest BCUT2D eigenvalue weighted by Gasteiger charge is -2.29. The second-order valence-corrected chi connectivity index (χ2v) is 8.45. The van der Waals surface area contributed by atoms with E-state index in [2.05, 4.69) is 5.32 Å². The number of benzene rings is 1. The number of amides is 1. The van der Waals surface area contributed by atoms with Gasteiger partial charge in [-0.15, -0.1) is 0 Å². The summed E-state index contributed by atoms with van der Waals surface area (Å²) in [6.07, 6.45) is -2.27. The fraction of sp³-hybridized carbons (Fsp3) is 0.650. The van der Waals surface area contributed by atoms with Crippen LogP contribution in [0, 0.1) is 11.6 Å². The Kier molecular flexibility index (Phi) is 5.15. The Balaban J connectivity index is 1.49. The van der Waals surface area contributed by atoms with Gasteiger partial charge in [0.15, 0.2) is 29.5 Å². The zero-order valence-electron chi connectivity index (χ0n) is 16.7. The van der Waals surface area contributed by atoms with Gasteiger partial charge in [0.25, 0.3) is 0 Å². The Morgan fingerprint density at radius 2 is 1.83 bits per heavy atom. The van der Waals surface area contributed by atoms with Gasteiger partial charge in [0.05, 0.1) is 19.1 Å². The van der Waals surface area contributed by atoms with Crippen molar-refractivity contribution < 1.29 is 37.3 Å². The summed E-state index contributed by atoms with van der Waals surface area (Å²) in [5, 5.41) is 2.90. The summed E-state index contributed by atoms with van der Waals surface area (Å²) in [5.74, 6) is -3.93. The van der Waals surface area contributed by atoms with Gasteiger partial charge in [-0.25, -0.2) is 8.78 Å². The maximum atomic E-state index is 13.4. The van der Waals surface area contributed by atoms with Gasteiger partial charge in [-0.3, -0.25) is 4.79 Å². The molecule has 1 amide bonds. The SMILES string of the molecule is CC1(C)O[C@H]2O[C@H]([C@H]3COC(C)(C)O3)[C@@H](NC(=O)Cc3ccc(F)c(F)c3)[C@H]2O1. The number of fused-ring (bicyclic) bond motifs is 1. The van der Waals surface area contributed by atoms with E-state index in [4.69, 9.17) is 23.7 Å². The van der Waals surface area contributed by atoms with Gasteiger partial charge in [-0.1, -0.05) is 6.07 Å². The molecule has 1 aromatic rings. The van der Waals surface area contributed by atoms with Gasteiger partial charge in [0.2, 0.25) is 5.91 Å². The smallest absolute Gasteiger partial charge is 0.224 e. The zero-order chi connectivity index (χ0) is 21.0. The molecular weight excluding hydrogens is 388 g/mol. The molecule has 1 N–H and O–H groups in total. The molecule has 3 aliphatic rings. The highest BCUT2D eigenvalue weighted by molar-refractivity contribution is 5.79. The molecule has 5 atom stereocenters. The van der Waals surface area contributed by atoms with Crippen LogP contribution < -0.4 is 5.32 Å². The van der Waals surface area contributed by atoms with Crippen molar-refractivity contribution in [2.75, 3.05) is 6.61 Å². The molecule has 0 aromatic heterocycles. The van der Waals surface area contributed by atoms with E-state index >= 15 is 0 Å². The number of hydrogen-bond acceptors (Lipinski definition) is 6. The highest BCUT2D eigenvalue weighted by Crippen LogP contribution is 2.40. The monoisotopic (exact) mass is 413 g/mol. The summed E-state index contributed by atoms with van der Waals surface area (Å²) in [4.78, 5) is 12.7. The second kappa shape index (κ2) is 7.24. The molecule has 0 aliphatic carbocycles. The highest BCUT2D eigenvalue weighted by Gasteiger charge is 2.58. The van der Waals surface area contributed by atoms with E-state index < -0.39 is 53.9 Å². The third-order valence-electron chi connectivity index (χ3n) is 5.16. The number of ether oxygens (including phenoxy) is 5. The molecule has 0 spiro atoms. The first-order valence-corrected chi connectivity index (χ1v) is 9.59. The van der Waals surface area contributed by atoms with E-state index in [0.717, 1.165) is 12.1 Å². The fourth-order valence-electron chi connectivity index (χ4n) is 3.96. The molecule has 4 rings (SSSR count). The average molecular weight is 413 g/mol. The molecule has 0 bridgehead atoms. The first kappa shape index (κ1) is 20.6. The molecule has 0 unspecified atom stereocenters. The van der Waals surface area contributed by atoms with Gasteiger partial charge < -0.3 is 29.0 Å². The first-order chi connectivity index (χ1) is 13.5. The van der Waals surface area contributed by atoms with Crippen LogP contribution in [-0.4, -0.2) is 54.7 Å².